The first-order chi connectivity index (χ1) is 20.2. The molecule has 1 unspecified atom stereocenters. The molecule has 1 heterocycles. The number of rotatable bonds is 11. The van der Waals surface area contributed by atoms with E-state index in [0.29, 0.717) is 35.6 Å². The number of likely N-dealkylation sites (N-methyl/N-ethyl adjacent to an activating group) is 1. The van der Waals surface area contributed by atoms with Crippen LogP contribution >= 0.6 is 0 Å². The molecule has 3 N–H and O–H groups in total. The first-order valence-electron chi connectivity index (χ1n) is 15.2. The van der Waals surface area contributed by atoms with Crippen molar-refractivity contribution in [1.82, 2.24) is 9.80 Å². The van der Waals surface area contributed by atoms with Gasteiger partial charge in [0.2, 0.25) is 0 Å². The topological polar surface area (TPSA) is 99.2 Å². The van der Waals surface area contributed by atoms with Crippen LogP contribution in [-0.4, -0.2) is 73.1 Å². The van der Waals surface area contributed by atoms with Gasteiger partial charge in [0.25, 0.3) is 0 Å². The summed E-state index contributed by atoms with van der Waals surface area (Å²) in [5.74, 6) is 0.394. The van der Waals surface area contributed by atoms with Crippen molar-refractivity contribution in [2.24, 2.45) is 10.7 Å². The summed E-state index contributed by atoms with van der Waals surface area (Å²) in [4.78, 5) is 31.3. The predicted molar refractivity (Wildman–Crippen MR) is 181 cm³/mol. The molecule has 0 aliphatic carbocycles. The minimum atomic E-state index is -0.446. The minimum Gasteiger partial charge on any atom is -0.392 e. The molecule has 7 nitrogen and oxygen atoms in total. The molecule has 1 atom stereocenters. The maximum absolute atomic E-state index is 11.5. The Balaban J connectivity index is 0.00000120. The predicted octanol–water partition coefficient (Wildman–Crippen LogP) is 7.21. The fraction of sp³-hybridized carbons (Fsp3) is 0.457. The third kappa shape index (κ3) is 13.9. The van der Waals surface area contributed by atoms with Gasteiger partial charge >= 0.3 is 0 Å². The van der Waals surface area contributed by atoms with Crippen LogP contribution in [0.4, 0.5) is 5.69 Å². The molecule has 1 aliphatic heterocycles. The standard InChI is InChI=1S/C24H25N3O3.C7H17N.2C2H6/c1-16(30)13-27(2)8-7-20-11-18(4-6-22(20)15-29)19-3-5-21-9-17(14-28)10-24(25)26-23(21)12-19;1-4-6-8(3)7-5-2;2*1-2/h3-9,11-12,14-16,30H,10,13H2,1-2H3,(H2,25,26);4-7H2,1-3H3;2*1-2H3/b8-7-;;;. The third-order valence-electron chi connectivity index (χ3n) is 5.99. The molecule has 1 aliphatic rings. The van der Waals surface area contributed by atoms with Gasteiger partial charge in [-0.2, -0.15) is 0 Å². The zero-order valence-electron chi connectivity index (χ0n) is 27.4. The number of nitrogens with zero attached hydrogens (tertiary/aromatic N) is 3. The molecule has 7 heteroatoms. The molecule has 0 bridgehead atoms. The van der Waals surface area contributed by atoms with Gasteiger partial charge in [-0.15, -0.1) is 0 Å². The van der Waals surface area contributed by atoms with Crippen molar-refractivity contribution >= 4 is 36.2 Å². The van der Waals surface area contributed by atoms with Crippen molar-refractivity contribution in [3.8, 4) is 11.1 Å². The summed E-state index contributed by atoms with van der Waals surface area (Å²) in [6, 6.07) is 11.4. The van der Waals surface area contributed by atoms with E-state index < -0.39 is 6.10 Å². The number of fused-ring (bicyclic) bond motifs is 1. The maximum Gasteiger partial charge on any atom is 0.150 e. The van der Waals surface area contributed by atoms with E-state index in [1.165, 1.54) is 25.9 Å². The number of aliphatic hydroxyl groups is 1. The van der Waals surface area contributed by atoms with E-state index in [-0.39, 0.29) is 0 Å². The Bertz CT molecular complexity index is 1160. The highest BCUT2D eigenvalue weighted by molar-refractivity contribution is 5.98. The van der Waals surface area contributed by atoms with Gasteiger partial charge in [-0.05, 0) is 87.1 Å². The van der Waals surface area contributed by atoms with Crippen molar-refractivity contribution in [1.29, 1.82) is 0 Å². The Morgan fingerprint density at radius 2 is 1.52 bits per heavy atom. The van der Waals surface area contributed by atoms with Gasteiger partial charge < -0.3 is 20.6 Å². The Morgan fingerprint density at radius 3 is 2.07 bits per heavy atom. The molecule has 0 saturated heterocycles. The highest BCUT2D eigenvalue weighted by Gasteiger charge is 2.12. The number of hydrogen-bond donors (Lipinski definition) is 2. The van der Waals surface area contributed by atoms with Crippen LogP contribution in [0.25, 0.3) is 23.3 Å². The lowest BCUT2D eigenvalue weighted by Crippen LogP contribution is -2.22. The first kappa shape index (κ1) is 38.5. The van der Waals surface area contributed by atoms with E-state index >= 15 is 0 Å². The van der Waals surface area contributed by atoms with Gasteiger partial charge in [0.1, 0.15) is 12.1 Å². The summed E-state index contributed by atoms with van der Waals surface area (Å²) < 4.78 is 0. The molecule has 2 aromatic carbocycles. The molecule has 232 valence electrons. The molecule has 0 saturated carbocycles. The van der Waals surface area contributed by atoms with E-state index in [1.54, 1.807) is 19.1 Å². The van der Waals surface area contributed by atoms with Crippen molar-refractivity contribution in [2.75, 3.05) is 33.7 Å². The number of nitrogens with two attached hydrogens (primary N) is 1. The average molecular weight is 579 g/mol. The monoisotopic (exact) mass is 578 g/mol. The van der Waals surface area contributed by atoms with E-state index in [1.807, 2.05) is 82.3 Å². The average Bonchev–Trinajstić information content (AvgIpc) is 3.15. The minimum absolute atomic E-state index is 0.330. The Morgan fingerprint density at radius 1 is 0.929 bits per heavy atom. The van der Waals surface area contributed by atoms with Gasteiger partial charge in [-0.25, -0.2) is 4.99 Å². The largest absolute Gasteiger partial charge is 0.392 e. The fourth-order valence-corrected chi connectivity index (χ4v) is 4.24. The number of aldehydes is 2. The zero-order valence-corrected chi connectivity index (χ0v) is 27.4. The Kier molecular flexibility index (Phi) is 20.2. The van der Waals surface area contributed by atoms with E-state index in [4.69, 9.17) is 5.73 Å². The lowest BCUT2D eigenvalue weighted by molar-refractivity contribution is -0.104. The number of carbonyl (C=O) groups is 2. The number of hydrogen-bond acceptors (Lipinski definition) is 7. The summed E-state index contributed by atoms with van der Waals surface area (Å²) in [7, 11) is 4.04. The lowest BCUT2D eigenvalue weighted by atomic mass is 9.97. The van der Waals surface area contributed by atoms with Crippen LogP contribution in [-0.2, 0) is 4.79 Å². The summed E-state index contributed by atoms with van der Waals surface area (Å²) in [6.45, 7) is 17.1. The number of carbonyl (C=O) groups excluding carboxylic acids is 2. The molecule has 3 rings (SSSR count). The number of amidine groups is 1. The van der Waals surface area contributed by atoms with Gasteiger partial charge in [0.05, 0.1) is 11.8 Å². The van der Waals surface area contributed by atoms with Crippen LogP contribution in [0.2, 0.25) is 0 Å². The second-order valence-corrected chi connectivity index (χ2v) is 9.76. The normalized spacial score (nSPS) is 12.5. The van der Waals surface area contributed by atoms with E-state index in [0.717, 1.165) is 34.8 Å². The number of aliphatic imine (C=N–C) groups is 1. The molecular weight excluding hydrogens is 524 g/mol. The van der Waals surface area contributed by atoms with Crippen LogP contribution in [0.3, 0.4) is 0 Å². The molecule has 42 heavy (non-hydrogen) atoms. The quantitative estimate of drug-likeness (QED) is 0.273. The molecule has 0 amide bonds. The summed E-state index contributed by atoms with van der Waals surface area (Å²) >= 11 is 0. The van der Waals surface area contributed by atoms with Crippen LogP contribution in [0.1, 0.15) is 89.2 Å². The molecule has 0 radical (unpaired) electrons. The highest BCUT2D eigenvalue weighted by atomic mass is 16.3. The molecular formula is C35H54N4O3. The SMILES string of the molecule is CC.CC.CC(O)CN(C)/C=C\c1cc(-c2ccc3c(c2)N=C(N)CC(C=O)=C3)ccc1C=O.CCCN(C)CCC. The molecule has 0 fully saturated rings. The van der Waals surface area contributed by atoms with Crippen molar-refractivity contribution in [3.05, 3.63) is 64.9 Å². The third-order valence-corrected chi connectivity index (χ3v) is 5.99. The summed E-state index contributed by atoms with van der Waals surface area (Å²) in [5, 5.41) is 9.51. The van der Waals surface area contributed by atoms with Crippen molar-refractivity contribution in [3.63, 3.8) is 0 Å². The second kappa shape index (κ2) is 22.1. The van der Waals surface area contributed by atoms with Crippen LogP contribution in [0, 0.1) is 0 Å². The highest BCUT2D eigenvalue weighted by Crippen LogP contribution is 2.32. The van der Waals surface area contributed by atoms with E-state index in [9.17, 15) is 14.7 Å². The smallest absolute Gasteiger partial charge is 0.150 e. The van der Waals surface area contributed by atoms with Crippen LogP contribution in [0.5, 0.6) is 0 Å². The first-order valence-corrected chi connectivity index (χ1v) is 15.2. The fourth-order valence-electron chi connectivity index (χ4n) is 4.24. The number of aliphatic hydroxyl groups excluding tert-OH is 1. The molecule has 0 aromatic heterocycles. The Labute approximate surface area is 254 Å². The zero-order chi connectivity index (χ0) is 32.1. The summed E-state index contributed by atoms with van der Waals surface area (Å²) in [5.41, 5.74) is 11.3. The van der Waals surface area contributed by atoms with Crippen LogP contribution in [0.15, 0.2) is 53.2 Å². The second-order valence-electron chi connectivity index (χ2n) is 9.76. The number of benzene rings is 2. The maximum atomic E-state index is 11.5. The van der Waals surface area contributed by atoms with Crippen molar-refractivity contribution in [2.45, 2.75) is 73.8 Å². The van der Waals surface area contributed by atoms with Gasteiger partial charge in [0.15, 0.2) is 6.29 Å². The molecule has 0 spiro atoms. The van der Waals surface area contributed by atoms with Crippen LogP contribution < -0.4 is 5.73 Å². The van der Waals surface area contributed by atoms with E-state index in [2.05, 4.69) is 30.8 Å². The lowest BCUT2D eigenvalue weighted by Gasteiger charge is -2.16. The summed E-state index contributed by atoms with van der Waals surface area (Å²) in [6.07, 6.45) is 9.56. The van der Waals surface area contributed by atoms with Gasteiger partial charge in [-0.3, -0.25) is 9.59 Å². The van der Waals surface area contributed by atoms with Gasteiger partial charge in [0, 0.05) is 36.7 Å². The van der Waals surface area contributed by atoms with Gasteiger partial charge in [-0.1, -0.05) is 65.8 Å². The van der Waals surface area contributed by atoms with Crippen molar-refractivity contribution < 1.29 is 14.7 Å². The molecule has 2 aromatic rings. The Hall–Kier alpha value is -3.55.